The van der Waals surface area contributed by atoms with E-state index in [-0.39, 0.29) is 19.1 Å². The fourth-order valence-electron chi connectivity index (χ4n) is 2.41. The van der Waals surface area contributed by atoms with Crippen LogP contribution in [-0.4, -0.2) is 36.4 Å². The highest BCUT2D eigenvalue weighted by Crippen LogP contribution is 2.46. The van der Waals surface area contributed by atoms with Gasteiger partial charge in [-0.1, -0.05) is 30.3 Å². The number of hydrogen-bond donors (Lipinski definition) is 2. The van der Waals surface area contributed by atoms with Crippen molar-refractivity contribution in [1.82, 2.24) is 5.32 Å². The average Bonchev–Trinajstić information content (AvgIpc) is 3.19. The van der Waals surface area contributed by atoms with E-state index in [9.17, 15) is 9.59 Å². The number of carbonyl (C=O) groups is 2. The molecule has 0 aliphatic heterocycles. The summed E-state index contributed by atoms with van der Waals surface area (Å²) in [5.74, 6) is -0.614. The van der Waals surface area contributed by atoms with Crippen molar-refractivity contribution in [3.05, 3.63) is 35.9 Å². The molecule has 114 valence electrons. The van der Waals surface area contributed by atoms with Gasteiger partial charge in [-0.15, -0.1) is 0 Å². The quantitative estimate of drug-likeness (QED) is 0.771. The number of aliphatic hydroxyl groups excluding tert-OH is 1. The van der Waals surface area contributed by atoms with Crippen LogP contribution in [0.15, 0.2) is 30.3 Å². The number of esters is 1. The third kappa shape index (κ3) is 3.52. The van der Waals surface area contributed by atoms with Crippen molar-refractivity contribution in [3.8, 4) is 0 Å². The molecular formula is C15H19NO5. The van der Waals surface area contributed by atoms with E-state index >= 15 is 0 Å². The van der Waals surface area contributed by atoms with Crippen LogP contribution in [0.2, 0.25) is 0 Å². The smallest absolute Gasteiger partial charge is 0.408 e. The molecular weight excluding hydrogens is 274 g/mol. The normalized spacial score (nSPS) is 23.2. The van der Waals surface area contributed by atoms with Gasteiger partial charge < -0.3 is 19.9 Å². The zero-order valence-electron chi connectivity index (χ0n) is 11.9. The number of hydrogen-bond acceptors (Lipinski definition) is 5. The van der Waals surface area contributed by atoms with Crippen molar-refractivity contribution in [2.75, 3.05) is 13.7 Å². The summed E-state index contributed by atoms with van der Waals surface area (Å²) in [5.41, 5.74) is -0.187. The number of rotatable bonds is 6. The molecule has 2 rings (SSSR count). The second-order valence-electron chi connectivity index (χ2n) is 5.06. The Bertz CT molecular complexity index is 504. The molecule has 0 bridgehead atoms. The number of nitrogens with one attached hydrogen (secondary N) is 1. The van der Waals surface area contributed by atoms with Crippen molar-refractivity contribution < 1.29 is 24.2 Å². The summed E-state index contributed by atoms with van der Waals surface area (Å²) in [6, 6.07) is 9.26. The predicted molar refractivity (Wildman–Crippen MR) is 74.3 cm³/mol. The van der Waals surface area contributed by atoms with Crippen LogP contribution in [0.25, 0.3) is 0 Å². The molecule has 0 heterocycles. The van der Waals surface area contributed by atoms with Gasteiger partial charge in [-0.3, -0.25) is 0 Å². The monoisotopic (exact) mass is 293 g/mol. The molecule has 1 fully saturated rings. The van der Waals surface area contributed by atoms with Crippen molar-refractivity contribution in [2.45, 2.75) is 25.0 Å². The first-order valence-electron chi connectivity index (χ1n) is 6.80. The van der Waals surface area contributed by atoms with Crippen LogP contribution in [0.3, 0.4) is 0 Å². The Balaban J connectivity index is 1.89. The maximum Gasteiger partial charge on any atom is 0.408 e. The third-order valence-electron chi connectivity index (χ3n) is 3.67. The molecule has 21 heavy (non-hydrogen) atoms. The Labute approximate surface area is 123 Å². The molecule has 2 N–H and O–H groups in total. The van der Waals surface area contributed by atoms with E-state index in [0.29, 0.717) is 12.8 Å². The highest BCUT2D eigenvalue weighted by molar-refractivity contribution is 5.89. The molecule has 1 aromatic rings. The van der Waals surface area contributed by atoms with Crippen molar-refractivity contribution in [3.63, 3.8) is 0 Å². The van der Waals surface area contributed by atoms with Gasteiger partial charge in [0.1, 0.15) is 12.1 Å². The summed E-state index contributed by atoms with van der Waals surface area (Å²) in [6.07, 6.45) is 0.235. The molecule has 1 amide bonds. The van der Waals surface area contributed by atoms with Crippen LogP contribution in [0.4, 0.5) is 4.79 Å². The Hall–Kier alpha value is -2.08. The first-order valence-corrected chi connectivity index (χ1v) is 6.80. The first kappa shape index (κ1) is 15.3. The number of benzene rings is 1. The van der Waals surface area contributed by atoms with Gasteiger partial charge in [-0.05, 0) is 24.3 Å². The van der Waals surface area contributed by atoms with E-state index in [4.69, 9.17) is 14.6 Å². The van der Waals surface area contributed by atoms with Crippen LogP contribution in [0, 0.1) is 5.92 Å². The second-order valence-corrected chi connectivity index (χ2v) is 5.06. The largest absolute Gasteiger partial charge is 0.467 e. The highest BCUT2D eigenvalue weighted by atomic mass is 16.6. The Morgan fingerprint density at radius 3 is 2.71 bits per heavy atom. The fraction of sp³-hybridized carbons (Fsp3) is 0.467. The van der Waals surface area contributed by atoms with Crippen molar-refractivity contribution in [1.29, 1.82) is 0 Å². The second kappa shape index (κ2) is 6.58. The van der Waals surface area contributed by atoms with E-state index in [1.165, 1.54) is 7.11 Å². The number of carbonyl (C=O) groups excluding carboxylic acids is 2. The minimum absolute atomic E-state index is 0.0375. The van der Waals surface area contributed by atoms with Gasteiger partial charge in [-0.2, -0.15) is 0 Å². The Morgan fingerprint density at radius 1 is 1.38 bits per heavy atom. The van der Waals surface area contributed by atoms with E-state index in [2.05, 4.69) is 5.32 Å². The minimum atomic E-state index is -1.05. The first-order chi connectivity index (χ1) is 10.1. The van der Waals surface area contributed by atoms with Crippen LogP contribution in [0.1, 0.15) is 18.4 Å². The topological polar surface area (TPSA) is 84.9 Å². The number of amides is 1. The van der Waals surface area contributed by atoms with E-state index in [1.807, 2.05) is 30.3 Å². The summed E-state index contributed by atoms with van der Waals surface area (Å²) < 4.78 is 9.83. The SMILES string of the molecule is COC(=O)[C@@]1(NC(=O)OCc2ccccc2)C[C@H]1CCO. The molecule has 2 atom stereocenters. The lowest BCUT2D eigenvalue weighted by atomic mass is 10.1. The minimum Gasteiger partial charge on any atom is -0.467 e. The lowest BCUT2D eigenvalue weighted by Crippen LogP contribution is -2.46. The molecule has 0 unspecified atom stereocenters. The Kier molecular flexibility index (Phi) is 4.80. The van der Waals surface area contributed by atoms with Gasteiger partial charge in [-0.25, -0.2) is 9.59 Å². The van der Waals surface area contributed by atoms with E-state index in [1.54, 1.807) is 0 Å². The average molecular weight is 293 g/mol. The zero-order chi connectivity index (χ0) is 15.3. The molecule has 6 nitrogen and oxygen atoms in total. The number of methoxy groups -OCH3 is 1. The molecule has 1 saturated carbocycles. The maximum absolute atomic E-state index is 11.8. The molecule has 1 aliphatic rings. The van der Waals surface area contributed by atoms with Gasteiger partial charge in [0.25, 0.3) is 0 Å². The van der Waals surface area contributed by atoms with Gasteiger partial charge in [0.2, 0.25) is 0 Å². The summed E-state index contributed by atoms with van der Waals surface area (Å²) in [4.78, 5) is 23.7. The number of alkyl carbamates (subject to hydrolysis) is 1. The molecule has 1 aliphatic carbocycles. The summed E-state index contributed by atoms with van der Waals surface area (Å²) in [7, 11) is 1.27. The van der Waals surface area contributed by atoms with Crippen LogP contribution >= 0.6 is 0 Å². The molecule has 0 spiro atoms. The van der Waals surface area contributed by atoms with Crippen LogP contribution in [0.5, 0.6) is 0 Å². The van der Waals surface area contributed by atoms with Gasteiger partial charge in [0.15, 0.2) is 0 Å². The molecule has 0 aromatic heterocycles. The summed E-state index contributed by atoms with van der Waals surface area (Å²) in [6.45, 7) is 0.0960. The molecule has 0 saturated heterocycles. The van der Waals surface area contributed by atoms with Crippen LogP contribution < -0.4 is 5.32 Å². The van der Waals surface area contributed by atoms with Gasteiger partial charge in [0, 0.05) is 6.61 Å². The maximum atomic E-state index is 11.8. The number of aliphatic hydroxyl groups is 1. The summed E-state index contributed by atoms with van der Waals surface area (Å²) in [5, 5.41) is 11.5. The van der Waals surface area contributed by atoms with Gasteiger partial charge >= 0.3 is 12.1 Å². The highest BCUT2D eigenvalue weighted by Gasteiger charge is 2.62. The third-order valence-corrected chi connectivity index (χ3v) is 3.67. The van der Waals surface area contributed by atoms with Crippen molar-refractivity contribution in [2.24, 2.45) is 5.92 Å². The van der Waals surface area contributed by atoms with Crippen LogP contribution in [-0.2, 0) is 20.9 Å². The molecule has 0 radical (unpaired) electrons. The fourth-order valence-corrected chi connectivity index (χ4v) is 2.41. The molecule has 1 aromatic carbocycles. The van der Waals surface area contributed by atoms with E-state index in [0.717, 1.165) is 5.56 Å². The lowest BCUT2D eigenvalue weighted by molar-refractivity contribution is -0.144. The van der Waals surface area contributed by atoms with Crippen molar-refractivity contribution >= 4 is 12.1 Å². The van der Waals surface area contributed by atoms with Gasteiger partial charge in [0.05, 0.1) is 7.11 Å². The predicted octanol–water partition coefficient (Wildman–Crippen LogP) is 1.23. The number of ether oxygens (including phenoxy) is 2. The zero-order valence-corrected chi connectivity index (χ0v) is 11.9. The standard InChI is InChI=1S/C15H19NO5/c1-20-13(18)15(9-12(15)7-8-17)16-14(19)21-10-11-5-3-2-4-6-11/h2-6,12,17H,7-10H2,1H3,(H,16,19)/t12-,15-/m1/s1. The Morgan fingerprint density at radius 2 is 2.10 bits per heavy atom. The summed E-state index contributed by atoms with van der Waals surface area (Å²) >= 11 is 0. The lowest BCUT2D eigenvalue weighted by Gasteiger charge is -2.17. The van der Waals surface area contributed by atoms with E-state index < -0.39 is 17.6 Å². The molecule has 6 heteroatoms.